The van der Waals surface area contributed by atoms with Crippen LogP contribution in [0.15, 0.2) is 42.7 Å². The maximum absolute atomic E-state index is 6.03. The third-order valence-corrected chi connectivity index (χ3v) is 3.74. The van der Waals surface area contributed by atoms with Gasteiger partial charge in [-0.3, -0.25) is 0 Å². The number of nitrogens with two attached hydrogens (primary N) is 1. The van der Waals surface area contributed by atoms with E-state index in [1.165, 1.54) is 0 Å². The molecule has 3 nitrogen and oxygen atoms in total. The largest absolute Gasteiger partial charge is 0.326 e. The van der Waals surface area contributed by atoms with Gasteiger partial charge in [0, 0.05) is 30.1 Å². The monoisotopic (exact) mass is 291 g/mol. The van der Waals surface area contributed by atoms with Crippen LogP contribution in [0.4, 0.5) is 0 Å². The zero-order valence-corrected chi connectivity index (χ0v) is 11.5. The number of nitrogens with zero attached hydrogens (tertiary/aromatic N) is 2. The second kappa shape index (κ2) is 4.85. The summed E-state index contributed by atoms with van der Waals surface area (Å²) in [4.78, 5) is 4.61. The van der Waals surface area contributed by atoms with Gasteiger partial charge < -0.3 is 10.1 Å². The first kappa shape index (κ1) is 12.5. The molecule has 0 spiro atoms. The van der Waals surface area contributed by atoms with Crippen molar-refractivity contribution in [2.45, 2.75) is 6.54 Å². The van der Waals surface area contributed by atoms with Crippen molar-refractivity contribution in [3.8, 4) is 11.3 Å². The summed E-state index contributed by atoms with van der Waals surface area (Å²) in [6, 6.07) is 9.41. The molecule has 1 aromatic carbocycles. The van der Waals surface area contributed by atoms with Gasteiger partial charge in [-0.1, -0.05) is 35.3 Å². The van der Waals surface area contributed by atoms with E-state index in [2.05, 4.69) is 4.98 Å². The van der Waals surface area contributed by atoms with Crippen LogP contribution in [0.25, 0.3) is 16.9 Å². The fraction of sp³-hybridized carbons (Fsp3) is 0.0714. The SMILES string of the molecule is NCc1cccn2cc(-c3ccc(Cl)c(Cl)c3)nc12. The van der Waals surface area contributed by atoms with Crippen LogP contribution in [0.5, 0.6) is 0 Å². The van der Waals surface area contributed by atoms with Gasteiger partial charge in [0.2, 0.25) is 0 Å². The van der Waals surface area contributed by atoms with Crippen LogP contribution in [0.2, 0.25) is 10.0 Å². The third-order valence-electron chi connectivity index (χ3n) is 3.00. The van der Waals surface area contributed by atoms with Crippen molar-refractivity contribution >= 4 is 28.8 Å². The second-order valence-electron chi connectivity index (χ2n) is 4.22. The van der Waals surface area contributed by atoms with Gasteiger partial charge >= 0.3 is 0 Å². The van der Waals surface area contributed by atoms with Crippen LogP contribution < -0.4 is 5.73 Å². The van der Waals surface area contributed by atoms with Crippen LogP contribution in [0, 0.1) is 0 Å². The van der Waals surface area contributed by atoms with E-state index >= 15 is 0 Å². The van der Waals surface area contributed by atoms with E-state index in [-0.39, 0.29) is 0 Å². The molecule has 0 radical (unpaired) electrons. The highest BCUT2D eigenvalue weighted by Crippen LogP contribution is 2.28. The highest BCUT2D eigenvalue weighted by molar-refractivity contribution is 6.42. The number of imidazole rings is 1. The predicted octanol–water partition coefficient (Wildman–Crippen LogP) is 3.77. The minimum absolute atomic E-state index is 0.460. The number of pyridine rings is 1. The number of rotatable bonds is 2. The summed E-state index contributed by atoms with van der Waals surface area (Å²) >= 11 is 12.0. The van der Waals surface area contributed by atoms with Gasteiger partial charge in [0.25, 0.3) is 0 Å². The quantitative estimate of drug-likeness (QED) is 0.781. The summed E-state index contributed by atoms with van der Waals surface area (Å²) in [6.45, 7) is 0.460. The lowest BCUT2D eigenvalue weighted by Crippen LogP contribution is -1.99. The van der Waals surface area contributed by atoms with Crippen molar-refractivity contribution in [3.05, 3.63) is 58.3 Å². The number of fused-ring (bicyclic) bond motifs is 1. The molecule has 3 rings (SSSR count). The molecule has 0 aliphatic carbocycles. The molecule has 0 fully saturated rings. The Kier molecular flexibility index (Phi) is 3.19. The average Bonchev–Trinajstić information content (AvgIpc) is 2.85. The summed E-state index contributed by atoms with van der Waals surface area (Å²) in [6.07, 6.45) is 3.90. The normalized spacial score (nSPS) is 11.1. The Hall–Kier alpha value is -1.55. The van der Waals surface area contributed by atoms with Gasteiger partial charge in [0.15, 0.2) is 0 Å². The van der Waals surface area contributed by atoms with Crippen LogP contribution in [-0.4, -0.2) is 9.38 Å². The fourth-order valence-corrected chi connectivity index (χ4v) is 2.32. The Morgan fingerprint density at radius 3 is 2.74 bits per heavy atom. The van der Waals surface area contributed by atoms with Crippen LogP contribution in [-0.2, 0) is 6.54 Å². The maximum atomic E-state index is 6.03. The number of hydrogen-bond donors (Lipinski definition) is 1. The van der Waals surface area contributed by atoms with Crippen LogP contribution >= 0.6 is 23.2 Å². The first-order valence-electron chi connectivity index (χ1n) is 5.81. The molecule has 2 aromatic heterocycles. The molecule has 0 saturated carbocycles. The molecule has 0 atom stereocenters. The van der Waals surface area contributed by atoms with E-state index in [1.807, 2.05) is 41.1 Å². The minimum atomic E-state index is 0.460. The molecule has 2 heterocycles. The molecular weight excluding hydrogens is 281 g/mol. The lowest BCUT2D eigenvalue weighted by molar-refractivity contribution is 1.04. The van der Waals surface area contributed by atoms with Crippen LogP contribution in [0.3, 0.4) is 0 Å². The molecular formula is C14H11Cl2N3. The van der Waals surface area contributed by atoms with Gasteiger partial charge in [-0.05, 0) is 18.2 Å². The van der Waals surface area contributed by atoms with Crippen molar-refractivity contribution < 1.29 is 0 Å². The summed E-state index contributed by atoms with van der Waals surface area (Å²) in [5.74, 6) is 0. The Morgan fingerprint density at radius 2 is 2.00 bits per heavy atom. The lowest BCUT2D eigenvalue weighted by atomic mass is 10.2. The van der Waals surface area contributed by atoms with Crippen molar-refractivity contribution in [2.24, 2.45) is 5.73 Å². The van der Waals surface area contributed by atoms with Crippen molar-refractivity contribution in [1.82, 2.24) is 9.38 Å². The Balaban J connectivity index is 2.17. The van der Waals surface area contributed by atoms with Gasteiger partial charge in [0.05, 0.1) is 15.7 Å². The topological polar surface area (TPSA) is 43.3 Å². The van der Waals surface area contributed by atoms with Crippen molar-refractivity contribution in [3.63, 3.8) is 0 Å². The molecule has 0 aliphatic rings. The molecule has 5 heteroatoms. The third kappa shape index (κ3) is 2.21. The van der Waals surface area contributed by atoms with E-state index in [0.717, 1.165) is 22.5 Å². The minimum Gasteiger partial charge on any atom is -0.326 e. The molecule has 2 N–H and O–H groups in total. The van der Waals surface area contributed by atoms with E-state index in [1.54, 1.807) is 6.07 Å². The molecule has 96 valence electrons. The number of benzene rings is 1. The molecule has 3 aromatic rings. The number of hydrogen-bond acceptors (Lipinski definition) is 2. The highest BCUT2D eigenvalue weighted by Gasteiger charge is 2.08. The zero-order valence-electron chi connectivity index (χ0n) is 9.98. The summed E-state index contributed by atoms with van der Waals surface area (Å²) < 4.78 is 1.96. The molecule has 0 bridgehead atoms. The predicted molar refractivity (Wildman–Crippen MR) is 78.5 cm³/mol. The van der Waals surface area contributed by atoms with E-state index < -0.39 is 0 Å². The van der Waals surface area contributed by atoms with E-state index in [0.29, 0.717) is 16.6 Å². The summed E-state index contributed by atoms with van der Waals surface area (Å²) in [7, 11) is 0. The average molecular weight is 292 g/mol. The van der Waals surface area contributed by atoms with Gasteiger partial charge in [-0.15, -0.1) is 0 Å². The molecule has 0 saturated heterocycles. The van der Waals surface area contributed by atoms with Gasteiger partial charge in [0.1, 0.15) is 5.65 Å². The zero-order chi connectivity index (χ0) is 13.4. The van der Waals surface area contributed by atoms with Crippen LogP contribution in [0.1, 0.15) is 5.56 Å². The number of halogens is 2. The lowest BCUT2D eigenvalue weighted by Gasteiger charge is -1.99. The molecule has 0 unspecified atom stereocenters. The number of aromatic nitrogens is 2. The van der Waals surface area contributed by atoms with Gasteiger partial charge in [-0.2, -0.15) is 0 Å². The Bertz CT molecular complexity index is 750. The molecule has 0 aliphatic heterocycles. The van der Waals surface area contributed by atoms with E-state index in [9.17, 15) is 0 Å². The fourth-order valence-electron chi connectivity index (χ4n) is 2.03. The summed E-state index contributed by atoms with van der Waals surface area (Å²) in [5, 5.41) is 1.06. The highest BCUT2D eigenvalue weighted by atomic mass is 35.5. The van der Waals surface area contributed by atoms with Crippen molar-refractivity contribution in [1.29, 1.82) is 0 Å². The molecule has 19 heavy (non-hydrogen) atoms. The summed E-state index contributed by atoms with van der Waals surface area (Å²) in [5.41, 5.74) is 9.37. The maximum Gasteiger partial charge on any atom is 0.141 e. The Labute approximate surface area is 120 Å². The first-order valence-corrected chi connectivity index (χ1v) is 6.56. The standard InChI is InChI=1S/C14H11Cl2N3/c15-11-4-3-9(6-12(11)16)13-8-19-5-1-2-10(7-17)14(19)18-13/h1-6,8H,7,17H2. The second-order valence-corrected chi connectivity index (χ2v) is 5.04. The van der Waals surface area contributed by atoms with E-state index in [4.69, 9.17) is 28.9 Å². The van der Waals surface area contributed by atoms with Gasteiger partial charge in [-0.25, -0.2) is 4.98 Å². The first-order chi connectivity index (χ1) is 9.19. The Morgan fingerprint density at radius 1 is 1.16 bits per heavy atom. The van der Waals surface area contributed by atoms with Crippen molar-refractivity contribution in [2.75, 3.05) is 0 Å². The smallest absolute Gasteiger partial charge is 0.141 e. The molecule has 0 amide bonds.